The second-order valence-corrected chi connectivity index (χ2v) is 5.23. The number of rotatable bonds is 6. The Morgan fingerprint density at radius 2 is 1.92 bits per heavy atom. The molecule has 0 aliphatic carbocycles. The zero-order chi connectivity index (χ0) is 10.5. The van der Waals surface area contributed by atoms with E-state index in [9.17, 15) is 8.42 Å². The molecule has 0 saturated heterocycles. The van der Waals surface area contributed by atoms with Crippen LogP contribution in [0.2, 0.25) is 0 Å². The topological polar surface area (TPSA) is 57.6 Å². The van der Waals surface area contributed by atoms with E-state index in [1.807, 2.05) is 20.8 Å². The predicted molar refractivity (Wildman–Crippen MR) is 53.0 cm³/mol. The van der Waals surface area contributed by atoms with E-state index in [2.05, 4.69) is 0 Å². The van der Waals surface area contributed by atoms with Gasteiger partial charge in [0.1, 0.15) is 0 Å². The first-order valence-corrected chi connectivity index (χ1v) is 6.17. The molecule has 0 rings (SSSR count). The fraction of sp³-hybridized carbons (Fsp3) is 1.00. The lowest BCUT2D eigenvalue weighted by Crippen LogP contribution is -2.38. The summed E-state index contributed by atoms with van der Waals surface area (Å²) in [6.45, 7) is 5.93. The summed E-state index contributed by atoms with van der Waals surface area (Å²) in [5.74, 6) is 0.0372. The van der Waals surface area contributed by atoms with Crippen molar-refractivity contribution in [1.29, 1.82) is 0 Å². The Morgan fingerprint density at radius 1 is 1.38 bits per heavy atom. The maximum absolute atomic E-state index is 11.6. The van der Waals surface area contributed by atoms with Crippen LogP contribution < -0.4 is 0 Å². The van der Waals surface area contributed by atoms with Crippen molar-refractivity contribution < 1.29 is 13.5 Å². The number of nitrogens with zero attached hydrogens (tertiary/aromatic N) is 1. The average molecular weight is 209 g/mol. The van der Waals surface area contributed by atoms with Crippen LogP contribution >= 0.6 is 0 Å². The van der Waals surface area contributed by atoms with Gasteiger partial charge in [0, 0.05) is 19.2 Å². The first-order chi connectivity index (χ1) is 5.95. The summed E-state index contributed by atoms with van der Waals surface area (Å²) >= 11 is 0. The van der Waals surface area contributed by atoms with Gasteiger partial charge >= 0.3 is 0 Å². The molecule has 13 heavy (non-hydrogen) atoms. The lowest BCUT2D eigenvalue weighted by molar-refractivity contribution is 0.292. The Labute approximate surface area is 80.6 Å². The smallest absolute Gasteiger partial charge is 0.214 e. The molecule has 0 aromatic heterocycles. The van der Waals surface area contributed by atoms with Crippen LogP contribution in [0.4, 0.5) is 0 Å². The summed E-state index contributed by atoms with van der Waals surface area (Å²) < 4.78 is 24.6. The normalized spacial score (nSPS) is 12.8. The average Bonchev–Trinajstić information content (AvgIpc) is 2.01. The summed E-state index contributed by atoms with van der Waals surface area (Å²) in [5.41, 5.74) is 0. The van der Waals surface area contributed by atoms with E-state index >= 15 is 0 Å². The van der Waals surface area contributed by atoms with Gasteiger partial charge in [0.05, 0.1) is 5.75 Å². The largest absolute Gasteiger partial charge is 0.396 e. The van der Waals surface area contributed by atoms with Crippen molar-refractivity contribution in [3.63, 3.8) is 0 Å². The number of aliphatic hydroxyl groups is 1. The number of hydrogen-bond donors (Lipinski definition) is 1. The highest BCUT2D eigenvalue weighted by Crippen LogP contribution is 2.07. The van der Waals surface area contributed by atoms with Crippen LogP contribution in [0.3, 0.4) is 0 Å². The highest BCUT2D eigenvalue weighted by Gasteiger charge is 2.22. The van der Waals surface area contributed by atoms with E-state index in [1.54, 1.807) is 0 Å². The Balaban J connectivity index is 4.40. The second-order valence-electron chi connectivity index (χ2n) is 3.19. The maximum Gasteiger partial charge on any atom is 0.214 e. The maximum atomic E-state index is 11.6. The van der Waals surface area contributed by atoms with Crippen LogP contribution in [0.1, 0.15) is 27.2 Å². The molecule has 1 N–H and O–H groups in total. The van der Waals surface area contributed by atoms with Gasteiger partial charge in [-0.05, 0) is 20.3 Å². The van der Waals surface area contributed by atoms with Gasteiger partial charge in [-0.15, -0.1) is 0 Å². The zero-order valence-corrected chi connectivity index (χ0v) is 9.34. The Bertz CT molecular complexity index is 224. The summed E-state index contributed by atoms with van der Waals surface area (Å²) in [5, 5.41) is 8.54. The SMILES string of the molecule is CCN(C(C)C)S(=O)(=O)CCCO. The van der Waals surface area contributed by atoms with Gasteiger partial charge in [-0.1, -0.05) is 6.92 Å². The standard InChI is InChI=1S/C8H19NO3S/c1-4-9(8(2)3)13(11,12)7-5-6-10/h8,10H,4-7H2,1-3H3. The van der Waals surface area contributed by atoms with Gasteiger partial charge in [0.15, 0.2) is 0 Å². The molecule has 0 fully saturated rings. The Kier molecular flexibility index (Phi) is 5.51. The molecule has 0 aliphatic heterocycles. The quantitative estimate of drug-likeness (QED) is 0.690. The second kappa shape index (κ2) is 5.57. The monoisotopic (exact) mass is 209 g/mol. The molecule has 0 unspecified atom stereocenters. The van der Waals surface area contributed by atoms with Crippen molar-refractivity contribution in [2.45, 2.75) is 33.2 Å². The summed E-state index contributed by atoms with van der Waals surface area (Å²) in [6, 6.07) is -0.00584. The summed E-state index contributed by atoms with van der Waals surface area (Å²) in [7, 11) is -3.16. The third-order valence-corrected chi connectivity index (χ3v) is 4.00. The highest BCUT2D eigenvalue weighted by atomic mass is 32.2. The molecule has 0 spiro atoms. The first kappa shape index (κ1) is 12.9. The fourth-order valence-corrected chi connectivity index (χ4v) is 3.01. The van der Waals surface area contributed by atoms with Crippen LogP contribution in [-0.4, -0.2) is 42.8 Å². The van der Waals surface area contributed by atoms with Gasteiger partial charge in [-0.2, -0.15) is 4.31 Å². The molecule has 0 heterocycles. The minimum atomic E-state index is -3.16. The van der Waals surface area contributed by atoms with Gasteiger partial charge in [0.2, 0.25) is 10.0 Å². The van der Waals surface area contributed by atoms with E-state index in [-0.39, 0.29) is 18.4 Å². The van der Waals surface area contributed by atoms with Crippen molar-refractivity contribution in [2.24, 2.45) is 0 Å². The van der Waals surface area contributed by atoms with Crippen LogP contribution in [0, 0.1) is 0 Å². The van der Waals surface area contributed by atoms with Crippen LogP contribution in [0.15, 0.2) is 0 Å². The highest BCUT2D eigenvalue weighted by molar-refractivity contribution is 7.89. The molecule has 0 amide bonds. The molecule has 0 aliphatic rings. The molecule has 0 aromatic carbocycles. The molecular weight excluding hydrogens is 190 g/mol. The van der Waals surface area contributed by atoms with E-state index in [0.717, 1.165) is 0 Å². The third-order valence-electron chi connectivity index (χ3n) is 1.81. The van der Waals surface area contributed by atoms with E-state index in [1.165, 1.54) is 4.31 Å². The fourth-order valence-electron chi connectivity index (χ4n) is 1.25. The van der Waals surface area contributed by atoms with Crippen molar-refractivity contribution in [2.75, 3.05) is 18.9 Å². The first-order valence-electron chi connectivity index (χ1n) is 4.56. The van der Waals surface area contributed by atoms with Crippen molar-refractivity contribution in [3.8, 4) is 0 Å². The van der Waals surface area contributed by atoms with Crippen LogP contribution in [0.25, 0.3) is 0 Å². The lowest BCUT2D eigenvalue weighted by Gasteiger charge is -2.23. The summed E-state index contributed by atoms with van der Waals surface area (Å²) in [4.78, 5) is 0. The van der Waals surface area contributed by atoms with Gasteiger partial charge in [-0.3, -0.25) is 0 Å². The minimum absolute atomic E-state index is 0.00584. The van der Waals surface area contributed by atoms with Crippen LogP contribution in [-0.2, 0) is 10.0 Å². The zero-order valence-electron chi connectivity index (χ0n) is 8.52. The van der Waals surface area contributed by atoms with E-state index < -0.39 is 10.0 Å². The van der Waals surface area contributed by atoms with Crippen molar-refractivity contribution >= 4 is 10.0 Å². The molecule has 80 valence electrons. The minimum Gasteiger partial charge on any atom is -0.396 e. The molecule has 0 bridgehead atoms. The van der Waals surface area contributed by atoms with Gasteiger partial charge in [-0.25, -0.2) is 8.42 Å². The van der Waals surface area contributed by atoms with Crippen LogP contribution in [0.5, 0.6) is 0 Å². The molecule has 0 aromatic rings. The molecule has 5 heteroatoms. The van der Waals surface area contributed by atoms with Gasteiger partial charge < -0.3 is 5.11 Å². The van der Waals surface area contributed by atoms with Gasteiger partial charge in [0.25, 0.3) is 0 Å². The molecule has 4 nitrogen and oxygen atoms in total. The number of aliphatic hydroxyl groups excluding tert-OH is 1. The molecule has 0 saturated carbocycles. The third kappa shape index (κ3) is 4.06. The number of hydrogen-bond acceptors (Lipinski definition) is 3. The summed E-state index contributed by atoms with van der Waals surface area (Å²) in [6.07, 6.45) is 0.311. The number of sulfonamides is 1. The Hall–Kier alpha value is -0.130. The molecule has 0 atom stereocenters. The lowest BCUT2D eigenvalue weighted by atomic mass is 10.4. The van der Waals surface area contributed by atoms with E-state index in [4.69, 9.17) is 5.11 Å². The van der Waals surface area contributed by atoms with Crippen molar-refractivity contribution in [1.82, 2.24) is 4.31 Å². The predicted octanol–water partition coefficient (Wildman–Crippen LogP) is 0.429. The Morgan fingerprint density at radius 3 is 2.23 bits per heavy atom. The molecule has 0 radical (unpaired) electrons. The molecular formula is C8H19NO3S. The van der Waals surface area contributed by atoms with E-state index in [0.29, 0.717) is 13.0 Å². The van der Waals surface area contributed by atoms with Crippen molar-refractivity contribution in [3.05, 3.63) is 0 Å².